The SMILES string of the molecule is CC(CN(C)C(=O)C(C)n1cnc2ccccc21)C(=O)O. The van der Waals surface area contributed by atoms with Gasteiger partial charge in [-0.2, -0.15) is 0 Å². The van der Waals surface area contributed by atoms with Gasteiger partial charge in [0.15, 0.2) is 0 Å². The Morgan fingerprint density at radius 1 is 1.33 bits per heavy atom. The zero-order valence-corrected chi connectivity index (χ0v) is 12.4. The summed E-state index contributed by atoms with van der Waals surface area (Å²) < 4.78 is 1.81. The number of fused-ring (bicyclic) bond motifs is 1. The number of hydrogen-bond donors (Lipinski definition) is 1. The van der Waals surface area contributed by atoms with Crippen molar-refractivity contribution in [3.05, 3.63) is 30.6 Å². The molecule has 6 nitrogen and oxygen atoms in total. The molecule has 21 heavy (non-hydrogen) atoms. The van der Waals surface area contributed by atoms with E-state index in [4.69, 9.17) is 5.11 Å². The predicted molar refractivity (Wildman–Crippen MR) is 78.9 cm³/mol. The minimum absolute atomic E-state index is 0.133. The predicted octanol–water partition coefficient (Wildman–Crippen LogP) is 1.78. The monoisotopic (exact) mass is 289 g/mol. The van der Waals surface area contributed by atoms with Crippen LogP contribution in [-0.4, -0.2) is 45.0 Å². The molecule has 0 saturated heterocycles. The lowest BCUT2D eigenvalue weighted by Gasteiger charge is -2.24. The molecule has 1 heterocycles. The van der Waals surface area contributed by atoms with Gasteiger partial charge in [-0.25, -0.2) is 4.98 Å². The summed E-state index contributed by atoms with van der Waals surface area (Å²) in [4.78, 5) is 29.0. The average molecular weight is 289 g/mol. The molecule has 0 spiro atoms. The molecule has 6 heteroatoms. The van der Waals surface area contributed by atoms with E-state index in [2.05, 4.69) is 4.98 Å². The lowest BCUT2D eigenvalue weighted by atomic mass is 10.1. The van der Waals surface area contributed by atoms with Crippen molar-refractivity contribution in [1.82, 2.24) is 14.5 Å². The first kappa shape index (κ1) is 15.0. The number of hydrogen-bond acceptors (Lipinski definition) is 3. The Kier molecular flexibility index (Phi) is 4.26. The Morgan fingerprint density at radius 2 is 2.00 bits per heavy atom. The molecule has 2 atom stereocenters. The smallest absolute Gasteiger partial charge is 0.308 e. The van der Waals surface area contributed by atoms with Gasteiger partial charge in [0, 0.05) is 13.6 Å². The summed E-state index contributed by atoms with van der Waals surface area (Å²) in [6.45, 7) is 3.56. The van der Waals surface area contributed by atoms with Gasteiger partial charge in [-0.3, -0.25) is 9.59 Å². The summed E-state index contributed by atoms with van der Waals surface area (Å²) in [7, 11) is 1.62. The molecule has 0 aliphatic heterocycles. The van der Waals surface area contributed by atoms with Crippen molar-refractivity contribution < 1.29 is 14.7 Å². The van der Waals surface area contributed by atoms with E-state index in [-0.39, 0.29) is 12.5 Å². The van der Waals surface area contributed by atoms with Gasteiger partial charge in [-0.05, 0) is 19.1 Å². The van der Waals surface area contributed by atoms with Crippen LogP contribution in [0.3, 0.4) is 0 Å². The van der Waals surface area contributed by atoms with Gasteiger partial charge >= 0.3 is 5.97 Å². The highest BCUT2D eigenvalue weighted by molar-refractivity contribution is 5.84. The Morgan fingerprint density at radius 3 is 2.67 bits per heavy atom. The topological polar surface area (TPSA) is 75.4 Å². The average Bonchev–Trinajstić information content (AvgIpc) is 2.89. The largest absolute Gasteiger partial charge is 0.481 e. The summed E-state index contributed by atoms with van der Waals surface area (Å²) >= 11 is 0. The van der Waals surface area contributed by atoms with Crippen LogP contribution < -0.4 is 0 Å². The Hall–Kier alpha value is -2.37. The molecular formula is C15H19N3O3. The van der Waals surface area contributed by atoms with Crippen molar-refractivity contribution in [3.63, 3.8) is 0 Å². The summed E-state index contributed by atoms with van der Waals surface area (Å²) in [5.41, 5.74) is 1.72. The Bertz CT molecular complexity index is 665. The second-order valence-electron chi connectivity index (χ2n) is 5.27. The third-order valence-electron chi connectivity index (χ3n) is 3.60. The van der Waals surface area contributed by atoms with Crippen molar-refractivity contribution >= 4 is 22.9 Å². The van der Waals surface area contributed by atoms with Crippen molar-refractivity contribution in [1.29, 1.82) is 0 Å². The molecule has 1 amide bonds. The molecule has 0 radical (unpaired) electrons. The number of nitrogens with zero attached hydrogens (tertiary/aromatic N) is 3. The fourth-order valence-corrected chi connectivity index (χ4v) is 2.30. The molecular weight excluding hydrogens is 270 g/mol. The quantitative estimate of drug-likeness (QED) is 0.910. The van der Waals surface area contributed by atoms with Crippen LogP contribution in [0.2, 0.25) is 0 Å². The zero-order valence-electron chi connectivity index (χ0n) is 12.4. The first-order valence-electron chi connectivity index (χ1n) is 6.81. The summed E-state index contributed by atoms with van der Waals surface area (Å²) in [5, 5.41) is 8.92. The van der Waals surface area contributed by atoms with Crippen LogP contribution in [0.25, 0.3) is 11.0 Å². The van der Waals surface area contributed by atoms with Gasteiger partial charge < -0.3 is 14.6 Å². The summed E-state index contributed by atoms with van der Waals surface area (Å²) in [6.07, 6.45) is 1.64. The number of carbonyl (C=O) groups is 2. The number of para-hydroxylation sites is 2. The molecule has 0 fully saturated rings. The molecule has 0 saturated carbocycles. The first-order chi connectivity index (χ1) is 9.91. The molecule has 0 aliphatic carbocycles. The van der Waals surface area contributed by atoms with Crippen LogP contribution in [0.5, 0.6) is 0 Å². The van der Waals surface area contributed by atoms with E-state index in [0.29, 0.717) is 0 Å². The van der Waals surface area contributed by atoms with Crippen LogP contribution in [0.15, 0.2) is 30.6 Å². The number of amides is 1. The van der Waals surface area contributed by atoms with Gasteiger partial charge in [0.25, 0.3) is 0 Å². The number of aromatic nitrogens is 2. The lowest BCUT2D eigenvalue weighted by molar-refractivity contribution is -0.143. The van der Waals surface area contributed by atoms with Crippen LogP contribution in [0, 0.1) is 5.92 Å². The summed E-state index contributed by atoms with van der Waals surface area (Å²) in [6, 6.07) is 7.16. The molecule has 0 aliphatic rings. The van der Waals surface area contributed by atoms with E-state index in [1.165, 1.54) is 4.90 Å². The maximum absolute atomic E-state index is 12.4. The minimum atomic E-state index is -0.907. The van der Waals surface area contributed by atoms with Gasteiger partial charge in [-0.1, -0.05) is 19.1 Å². The molecule has 2 rings (SSSR count). The number of carboxylic acid groups (broad SMARTS) is 1. The molecule has 112 valence electrons. The van der Waals surface area contributed by atoms with E-state index in [1.54, 1.807) is 31.8 Å². The highest BCUT2D eigenvalue weighted by atomic mass is 16.4. The minimum Gasteiger partial charge on any atom is -0.481 e. The molecule has 1 N–H and O–H groups in total. The second-order valence-corrected chi connectivity index (χ2v) is 5.27. The fraction of sp³-hybridized carbons (Fsp3) is 0.400. The number of rotatable bonds is 5. The zero-order chi connectivity index (χ0) is 15.6. The molecule has 2 unspecified atom stereocenters. The van der Waals surface area contributed by atoms with Crippen molar-refractivity contribution in [3.8, 4) is 0 Å². The van der Waals surface area contributed by atoms with Crippen molar-refractivity contribution in [2.45, 2.75) is 19.9 Å². The van der Waals surface area contributed by atoms with Gasteiger partial charge in [0.05, 0.1) is 23.3 Å². The number of carbonyl (C=O) groups excluding carboxylic acids is 1. The van der Waals surface area contributed by atoms with Gasteiger partial charge in [0.1, 0.15) is 6.04 Å². The molecule has 0 bridgehead atoms. The Labute approximate surface area is 123 Å². The van der Waals surface area contributed by atoms with Gasteiger partial charge in [0.2, 0.25) is 5.91 Å². The lowest BCUT2D eigenvalue weighted by Crippen LogP contribution is -2.37. The number of imidazole rings is 1. The standard InChI is InChI=1S/C15H19N3O3/c1-10(15(20)21)8-17(3)14(19)11(2)18-9-16-12-6-4-5-7-13(12)18/h4-7,9-11H,8H2,1-3H3,(H,20,21). The van der Waals surface area contributed by atoms with E-state index < -0.39 is 17.9 Å². The van der Waals surface area contributed by atoms with Gasteiger partial charge in [-0.15, -0.1) is 0 Å². The van der Waals surface area contributed by atoms with Crippen molar-refractivity contribution in [2.75, 3.05) is 13.6 Å². The van der Waals surface area contributed by atoms with E-state index >= 15 is 0 Å². The number of aliphatic carboxylic acids is 1. The molecule has 1 aromatic carbocycles. The van der Waals surface area contributed by atoms with Crippen LogP contribution in [-0.2, 0) is 9.59 Å². The van der Waals surface area contributed by atoms with E-state index in [1.807, 2.05) is 24.3 Å². The molecule has 1 aromatic heterocycles. The van der Waals surface area contributed by atoms with E-state index in [0.717, 1.165) is 11.0 Å². The third-order valence-corrected chi connectivity index (χ3v) is 3.60. The fourth-order valence-electron chi connectivity index (χ4n) is 2.30. The highest BCUT2D eigenvalue weighted by Gasteiger charge is 2.23. The number of carboxylic acids is 1. The maximum atomic E-state index is 12.4. The maximum Gasteiger partial charge on any atom is 0.308 e. The van der Waals surface area contributed by atoms with Crippen LogP contribution >= 0.6 is 0 Å². The van der Waals surface area contributed by atoms with Crippen LogP contribution in [0.1, 0.15) is 19.9 Å². The number of likely N-dealkylation sites (N-methyl/N-ethyl adjacent to an activating group) is 1. The van der Waals surface area contributed by atoms with Crippen molar-refractivity contribution in [2.24, 2.45) is 5.92 Å². The second kappa shape index (κ2) is 5.95. The van der Waals surface area contributed by atoms with E-state index in [9.17, 15) is 9.59 Å². The highest BCUT2D eigenvalue weighted by Crippen LogP contribution is 2.19. The summed E-state index contributed by atoms with van der Waals surface area (Å²) in [5.74, 6) is -1.63. The third kappa shape index (κ3) is 3.04. The molecule has 2 aromatic rings. The first-order valence-corrected chi connectivity index (χ1v) is 6.81. The number of benzene rings is 1. The Balaban J connectivity index is 2.17. The van der Waals surface area contributed by atoms with Crippen LogP contribution in [0.4, 0.5) is 0 Å². The normalized spacial score (nSPS) is 13.9.